The van der Waals surface area contributed by atoms with Crippen LogP contribution in [0.25, 0.3) is 0 Å². The van der Waals surface area contributed by atoms with Crippen LogP contribution in [-0.4, -0.2) is 51.8 Å². The topological polar surface area (TPSA) is 59.4 Å². The second-order valence-electron chi connectivity index (χ2n) is 9.31. The summed E-state index contributed by atoms with van der Waals surface area (Å²) in [5.41, 5.74) is 0.734. The second kappa shape index (κ2) is 9.29. The standard InChI is InChI=1S/C22H38N4O2/c1-5-18-16-26(15-12-23-19-8-6-7-9-19)20(24-18)17-10-13-25(14-11-17)21(27)28-22(2,3)4/h16-17,19,23H,5-15H2,1-4H3. The van der Waals surface area contributed by atoms with Crippen molar-refractivity contribution >= 4 is 6.09 Å². The Morgan fingerprint density at radius 2 is 1.89 bits per heavy atom. The second-order valence-corrected chi connectivity index (χ2v) is 9.31. The van der Waals surface area contributed by atoms with Gasteiger partial charge in [0.2, 0.25) is 0 Å². The van der Waals surface area contributed by atoms with Crippen LogP contribution in [0.1, 0.15) is 83.7 Å². The number of ether oxygens (including phenoxy) is 1. The zero-order chi connectivity index (χ0) is 20.1. The molecule has 1 aromatic rings. The number of nitrogens with zero attached hydrogens (tertiary/aromatic N) is 3. The molecule has 0 atom stereocenters. The summed E-state index contributed by atoms with van der Waals surface area (Å²) in [5, 5.41) is 3.71. The lowest BCUT2D eigenvalue weighted by Gasteiger charge is -2.33. The first-order valence-electron chi connectivity index (χ1n) is 11.1. The molecule has 0 spiro atoms. The van der Waals surface area contributed by atoms with Crippen LogP contribution in [-0.2, 0) is 17.7 Å². The number of nitrogens with one attached hydrogen (secondary N) is 1. The molecule has 1 aliphatic carbocycles. The number of rotatable bonds is 6. The zero-order valence-corrected chi connectivity index (χ0v) is 18.2. The monoisotopic (exact) mass is 390 g/mol. The highest BCUT2D eigenvalue weighted by molar-refractivity contribution is 5.68. The van der Waals surface area contributed by atoms with Crippen molar-refractivity contribution in [3.63, 3.8) is 0 Å². The molecule has 1 aromatic heterocycles. The number of aryl methyl sites for hydroxylation is 1. The van der Waals surface area contributed by atoms with Crippen LogP contribution < -0.4 is 5.32 Å². The molecule has 28 heavy (non-hydrogen) atoms. The van der Waals surface area contributed by atoms with Crippen molar-refractivity contribution in [2.45, 2.75) is 96.7 Å². The van der Waals surface area contributed by atoms with Crippen molar-refractivity contribution in [3.05, 3.63) is 17.7 Å². The molecule has 2 heterocycles. The first-order valence-corrected chi connectivity index (χ1v) is 11.1. The van der Waals surface area contributed by atoms with Crippen molar-refractivity contribution in [1.82, 2.24) is 19.8 Å². The molecular formula is C22H38N4O2. The van der Waals surface area contributed by atoms with Crippen molar-refractivity contribution in [3.8, 4) is 0 Å². The summed E-state index contributed by atoms with van der Waals surface area (Å²) in [4.78, 5) is 19.1. The Morgan fingerprint density at radius 3 is 2.50 bits per heavy atom. The van der Waals surface area contributed by atoms with Crippen LogP contribution in [0.2, 0.25) is 0 Å². The predicted octanol–water partition coefficient (Wildman–Crippen LogP) is 4.09. The van der Waals surface area contributed by atoms with Gasteiger partial charge in [-0.3, -0.25) is 0 Å². The molecule has 0 unspecified atom stereocenters. The molecule has 6 heteroatoms. The van der Waals surface area contributed by atoms with Gasteiger partial charge >= 0.3 is 6.09 Å². The Bertz CT molecular complexity index is 635. The fraction of sp³-hybridized carbons (Fsp3) is 0.818. The van der Waals surface area contributed by atoms with Crippen LogP contribution in [0, 0.1) is 0 Å². The van der Waals surface area contributed by atoms with Crippen LogP contribution in [0.3, 0.4) is 0 Å². The van der Waals surface area contributed by atoms with Crippen LogP contribution in [0.5, 0.6) is 0 Å². The minimum absolute atomic E-state index is 0.190. The molecule has 0 aromatic carbocycles. The Kier molecular flexibility index (Phi) is 7.02. The fourth-order valence-electron chi connectivity index (χ4n) is 4.33. The number of carbonyl (C=O) groups is 1. The maximum atomic E-state index is 12.3. The fourth-order valence-corrected chi connectivity index (χ4v) is 4.33. The smallest absolute Gasteiger partial charge is 0.410 e. The number of likely N-dealkylation sites (tertiary alicyclic amines) is 1. The van der Waals surface area contributed by atoms with Crippen molar-refractivity contribution in [1.29, 1.82) is 0 Å². The molecule has 1 amide bonds. The maximum Gasteiger partial charge on any atom is 0.410 e. The number of hydrogen-bond donors (Lipinski definition) is 1. The average molecular weight is 391 g/mol. The summed E-state index contributed by atoms with van der Waals surface area (Å²) in [6.45, 7) is 11.4. The summed E-state index contributed by atoms with van der Waals surface area (Å²) in [6.07, 6.45) is 10.3. The van der Waals surface area contributed by atoms with E-state index in [0.717, 1.165) is 45.4 Å². The molecule has 2 aliphatic rings. The molecule has 1 saturated carbocycles. The highest BCUT2D eigenvalue weighted by atomic mass is 16.6. The first-order chi connectivity index (χ1) is 13.4. The van der Waals surface area contributed by atoms with E-state index < -0.39 is 5.60 Å². The van der Waals surface area contributed by atoms with E-state index in [1.807, 2.05) is 25.7 Å². The molecule has 2 fully saturated rings. The van der Waals surface area contributed by atoms with Gasteiger partial charge in [-0.15, -0.1) is 0 Å². The Labute approximate surface area is 170 Å². The molecule has 1 saturated heterocycles. The van der Waals surface area contributed by atoms with Crippen molar-refractivity contribution < 1.29 is 9.53 Å². The molecular weight excluding hydrogens is 352 g/mol. The van der Waals surface area contributed by atoms with E-state index in [0.29, 0.717) is 12.0 Å². The van der Waals surface area contributed by atoms with E-state index in [1.165, 1.54) is 37.2 Å². The molecule has 158 valence electrons. The molecule has 1 aliphatic heterocycles. The number of carbonyl (C=O) groups excluding carboxylic acids is 1. The van der Waals surface area contributed by atoms with E-state index >= 15 is 0 Å². The highest BCUT2D eigenvalue weighted by Crippen LogP contribution is 2.28. The average Bonchev–Trinajstić information content (AvgIpc) is 3.30. The SMILES string of the molecule is CCc1cn(CCNC2CCCC2)c(C2CCN(C(=O)OC(C)(C)C)CC2)n1. The largest absolute Gasteiger partial charge is 0.444 e. The molecule has 6 nitrogen and oxygen atoms in total. The van der Waals surface area contributed by atoms with Gasteiger partial charge in [-0.25, -0.2) is 9.78 Å². The summed E-state index contributed by atoms with van der Waals surface area (Å²) >= 11 is 0. The lowest BCUT2D eigenvalue weighted by atomic mass is 9.96. The van der Waals surface area contributed by atoms with Gasteiger partial charge in [-0.1, -0.05) is 19.8 Å². The molecule has 0 radical (unpaired) electrons. The number of imidazole rings is 1. The van der Waals surface area contributed by atoms with E-state index in [9.17, 15) is 4.79 Å². The van der Waals surface area contributed by atoms with Crippen molar-refractivity contribution in [2.75, 3.05) is 19.6 Å². The van der Waals surface area contributed by atoms with E-state index in [4.69, 9.17) is 9.72 Å². The minimum atomic E-state index is -0.438. The first kappa shape index (κ1) is 21.2. The van der Waals surface area contributed by atoms with Gasteiger partial charge in [-0.2, -0.15) is 0 Å². The maximum absolute atomic E-state index is 12.3. The Hall–Kier alpha value is -1.56. The summed E-state index contributed by atoms with van der Waals surface area (Å²) in [5.74, 6) is 1.62. The summed E-state index contributed by atoms with van der Waals surface area (Å²) in [7, 11) is 0. The zero-order valence-electron chi connectivity index (χ0n) is 18.2. The molecule has 3 rings (SSSR count). The number of hydrogen-bond acceptors (Lipinski definition) is 4. The van der Waals surface area contributed by atoms with Gasteiger partial charge in [0, 0.05) is 44.3 Å². The summed E-state index contributed by atoms with van der Waals surface area (Å²) < 4.78 is 7.88. The highest BCUT2D eigenvalue weighted by Gasteiger charge is 2.29. The van der Waals surface area contributed by atoms with Gasteiger partial charge < -0.3 is 19.5 Å². The number of aromatic nitrogens is 2. The normalized spacial score (nSPS) is 19.4. The third-order valence-electron chi connectivity index (χ3n) is 5.87. The van der Waals surface area contributed by atoms with Crippen LogP contribution >= 0.6 is 0 Å². The number of piperidine rings is 1. The molecule has 1 N–H and O–H groups in total. The summed E-state index contributed by atoms with van der Waals surface area (Å²) in [6, 6.07) is 0.703. The van der Waals surface area contributed by atoms with Gasteiger partial charge in [0.25, 0.3) is 0 Å². The van der Waals surface area contributed by atoms with E-state index in [1.54, 1.807) is 0 Å². The van der Waals surface area contributed by atoms with Gasteiger partial charge in [0.1, 0.15) is 11.4 Å². The molecule has 0 bridgehead atoms. The predicted molar refractivity (Wildman–Crippen MR) is 112 cm³/mol. The van der Waals surface area contributed by atoms with Gasteiger partial charge in [0.05, 0.1) is 5.69 Å². The van der Waals surface area contributed by atoms with Crippen molar-refractivity contribution in [2.24, 2.45) is 0 Å². The van der Waals surface area contributed by atoms with E-state index in [2.05, 4.69) is 23.0 Å². The Balaban J connectivity index is 1.55. The third-order valence-corrected chi connectivity index (χ3v) is 5.87. The quantitative estimate of drug-likeness (QED) is 0.795. The van der Waals surface area contributed by atoms with Crippen LogP contribution in [0.4, 0.5) is 4.79 Å². The van der Waals surface area contributed by atoms with Crippen LogP contribution in [0.15, 0.2) is 6.20 Å². The lowest BCUT2D eigenvalue weighted by molar-refractivity contribution is 0.0202. The lowest BCUT2D eigenvalue weighted by Crippen LogP contribution is -2.41. The minimum Gasteiger partial charge on any atom is -0.444 e. The van der Waals surface area contributed by atoms with E-state index in [-0.39, 0.29) is 6.09 Å². The number of amides is 1. The van der Waals surface area contributed by atoms with Gasteiger partial charge in [-0.05, 0) is 52.9 Å². The third kappa shape index (κ3) is 5.72. The van der Waals surface area contributed by atoms with Gasteiger partial charge in [0.15, 0.2) is 0 Å². The Morgan fingerprint density at radius 1 is 1.21 bits per heavy atom.